The van der Waals surface area contributed by atoms with Crippen LogP contribution < -0.4 is 10.2 Å². The zero-order valence-corrected chi connectivity index (χ0v) is 59.2. The highest BCUT2D eigenvalue weighted by Crippen LogP contribution is 2.38. The summed E-state index contributed by atoms with van der Waals surface area (Å²) in [5.74, 6) is -0.520. The molecule has 0 saturated carbocycles. The lowest BCUT2D eigenvalue weighted by Crippen LogP contribution is -2.47. The number of unbranched alkanes of at least 4 members (excludes halogenated alkanes) is 50. The van der Waals surface area contributed by atoms with E-state index in [1.807, 2.05) is 33.3 Å². The molecule has 0 fully saturated rings. The van der Waals surface area contributed by atoms with Crippen molar-refractivity contribution in [1.82, 2.24) is 5.32 Å². The van der Waals surface area contributed by atoms with Gasteiger partial charge in [0, 0.05) is 12.8 Å². The van der Waals surface area contributed by atoms with Gasteiger partial charge >= 0.3 is 5.97 Å². The van der Waals surface area contributed by atoms with Crippen LogP contribution in [0.4, 0.5) is 0 Å². The Hall–Kier alpha value is -1.77. The number of rotatable bonds is 70. The van der Waals surface area contributed by atoms with Gasteiger partial charge in [0.1, 0.15) is 19.3 Å². The Morgan fingerprint density at radius 1 is 0.395 bits per heavy atom. The van der Waals surface area contributed by atoms with Crippen molar-refractivity contribution >= 4 is 19.7 Å². The molecule has 0 rings (SSSR count). The third-order valence-corrected chi connectivity index (χ3v) is 18.3. The summed E-state index contributed by atoms with van der Waals surface area (Å²) in [7, 11) is 1.20. The predicted octanol–water partition coefficient (Wildman–Crippen LogP) is 23.6. The summed E-state index contributed by atoms with van der Waals surface area (Å²) in [5.41, 5.74) is 0. The summed E-state index contributed by atoms with van der Waals surface area (Å²) in [6.07, 6.45) is 82.8. The number of amides is 1. The van der Waals surface area contributed by atoms with Crippen LogP contribution in [0.25, 0.3) is 0 Å². The van der Waals surface area contributed by atoms with Gasteiger partial charge in [0.2, 0.25) is 5.91 Å². The Labute approximate surface area is 536 Å². The molecule has 86 heavy (non-hydrogen) atoms. The number of nitrogens with one attached hydrogen (secondary N) is 1. The van der Waals surface area contributed by atoms with Crippen molar-refractivity contribution in [1.29, 1.82) is 0 Å². The van der Waals surface area contributed by atoms with Crippen molar-refractivity contribution < 1.29 is 37.3 Å². The van der Waals surface area contributed by atoms with Gasteiger partial charge < -0.3 is 28.5 Å². The third kappa shape index (κ3) is 66.6. The lowest BCUT2D eigenvalue weighted by Gasteiger charge is -2.30. The number of quaternary nitrogens is 1. The van der Waals surface area contributed by atoms with Crippen LogP contribution in [-0.2, 0) is 27.9 Å². The molecular formula is C76H147N2O7P. The Morgan fingerprint density at radius 3 is 0.988 bits per heavy atom. The van der Waals surface area contributed by atoms with E-state index in [1.165, 1.54) is 295 Å². The standard InChI is InChI=1S/C76H147N2O7P/c1-7-10-13-16-19-22-25-28-30-32-34-36-37-38-39-40-41-43-45-47-49-51-54-57-60-63-66-69-76(80)85-74(67-64-61-58-55-52-27-24-21-18-15-12-9-3)73(72-84-86(81,82)83-71-70-78(4,5)6)77-75(79)68-65-62-59-56-53-50-48-46-44-42-35-33-31-29-26-23-20-17-14-11-8-2/h28-31,64,67,73-74H,7-27,32-63,65-66,68-72H2,1-6H3,(H-,77,79,81,82)/b30-28+,31-29+,67-64-. The SMILES string of the molecule is CCCCCCCC/C=C/CCCCCCCCCCCCCCCCCCCC(=O)OC(/C=C\CCCCCCCCCCCC)C(COP(=O)([O-])OCC[N+](C)(C)C)NC(=O)CCCCCCCCCCCCC/C=C/CCCCCCCC. The van der Waals surface area contributed by atoms with Gasteiger partial charge in [0.25, 0.3) is 7.82 Å². The smallest absolute Gasteiger partial charge is 0.306 e. The molecule has 0 aliphatic carbocycles. The van der Waals surface area contributed by atoms with Gasteiger partial charge in [0.05, 0.1) is 33.8 Å². The van der Waals surface area contributed by atoms with Gasteiger partial charge in [-0.3, -0.25) is 14.2 Å². The van der Waals surface area contributed by atoms with Crippen LogP contribution in [0.5, 0.6) is 0 Å². The molecular weight excluding hydrogens is 1080 g/mol. The topological polar surface area (TPSA) is 114 Å². The molecule has 0 aromatic rings. The monoisotopic (exact) mass is 1230 g/mol. The van der Waals surface area contributed by atoms with Gasteiger partial charge in [-0.05, 0) is 83.1 Å². The van der Waals surface area contributed by atoms with Crippen molar-refractivity contribution in [3.8, 4) is 0 Å². The van der Waals surface area contributed by atoms with Gasteiger partial charge in [0.15, 0.2) is 0 Å². The number of nitrogens with zero attached hydrogens (tertiary/aromatic N) is 1. The molecule has 0 aromatic heterocycles. The fourth-order valence-corrected chi connectivity index (χ4v) is 12.2. The summed E-state index contributed by atoms with van der Waals surface area (Å²) in [6, 6.07) is -0.886. The maximum absolute atomic E-state index is 13.6. The first-order chi connectivity index (χ1) is 41.9. The van der Waals surface area contributed by atoms with E-state index in [1.54, 1.807) is 0 Å². The highest BCUT2D eigenvalue weighted by molar-refractivity contribution is 7.45. The van der Waals surface area contributed by atoms with E-state index >= 15 is 0 Å². The number of ether oxygens (including phenoxy) is 1. The zero-order valence-electron chi connectivity index (χ0n) is 58.3. The van der Waals surface area contributed by atoms with Crippen LogP contribution in [0.1, 0.15) is 387 Å². The molecule has 508 valence electrons. The second-order valence-corrected chi connectivity index (χ2v) is 28.6. The number of phosphoric acid groups is 1. The minimum Gasteiger partial charge on any atom is -0.756 e. The summed E-state index contributed by atoms with van der Waals surface area (Å²) in [6.45, 7) is 6.90. The number of allylic oxidation sites excluding steroid dienone is 5. The lowest BCUT2D eigenvalue weighted by molar-refractivity contribution is -0.870. The van der Waals surface area contributed by atoms with E-state index in [-0.39, 0.29) is 31.5 Å². The number of carbonyl (C=O) groups is 2. The fourth-order valence-electron chi connectivity index (χ4n) is 11.5. The first-order valence-corrected chi connectivity index (χ1v) is 39.3. The molecule has 0 heterocycles. The van der Waals surface area contributed by atoms with Gasteiger partial charge in [-0.15, -0.1) is 0 Å². The lowest BCUT2D eigenvalue weighted by atomic mass is 10.0. The molecule has 10 heteroatoms. The van der Waals surface area contributed by atoms with Gasteiger partial charge in [-0.25, -0.2) is 0 Å². The Bertz CT molecular complexity index is 1560. The molecule has 0 aliphatic heterocycles. The molecule has 9 nitrogen and oxygen atoms in total. The first-order valence-electron chi connectivity index (χ1n) is 37.8. The Kier molecular flexibility index (Phi) is 64.8. The molecule has 0 aromatic carbocycles. The summed E-state index contributed by atoms with van der Waals surface area (Å²) in [5, 5.41) is 3.05. The zero-order chi connectivity index (χ0) is 62.8. The van der Waals surface area contributed by atoms with E-state index in [0.29, 0.717) is 17.4 Å². The Balaban J connectivity index is 4.95. The van der Waals surface area contributed by atoms with Gasteiger partial charge in [-0.2, -0.15) is 0 Å². The first kappa shape index (κ1) is 84.2. The van der Waals surface area contributed by atoms with Crippen molar-refractivity contribution in [2.45, 2.75) is 399 Å². The van der Waals surface area contributed by atoms with E-state index < -0.39 is 20.0 Å². The Morgan fingerprint density at radius 2 is 0.674 bits per heavy atom. The summed E-state index contributed by atoms with van der Waals surface area (Å²) < 4.78 is 30.5. The third-order valence-electron chi connectivity index (χ3n) is 17.3. The maximum Gasteiger partial charge on any atom is 0.306 e. The van der Waals surface area contributed by atoms with Crippen LogP contribution in [0.15, 0.2) is 36.5 Å². The van der Waals surface area contributed by atoms with E-state index in [9.17, 15) is 19.0 Å². The van der Waals surface area contributed by atoms with Crippen molar-refractivity contribution in [2.24, 2.45) is 0 Å². The van der Waals surface area contributed by atoms with Crippen LogP contribution in [0.2, 0.25) is 0 Å². The average Bonchev–Trinajstić information content (AvgIpc) is 3.65. The van der Waals surface area contributed by atoms with Crippen LogP contribution in [-0.4, -0.2) is 69.4 Å². The number of likely N-dealkylation sites (N-methyl/N-ethyl adjacent to an activating group) is 1. The molecule has 3 atom stereocenters. The molecule has 3 unspecified atom stereocenters. The minimum atomic E-state index is -4.70. The second kappa shape index (κ2) is 66.2. The molecule has 1 N–H and O–H groups in total. The largest absolute Gasteiger partial charge is 0.756 e. The van der Waals surface area contributed by atoms with Gasteiger partial charge in [-0.1, -0.05) is 327 Å². The second-order valence-electron chi connectivity index (χ2n) is 27.1. The normalized spacial score (nSPS) is 13.6. The predicted molar refractivity (Wildman–Crippen MR) is 372 cm³/mol. The number of esters is 1. The minimum absolute atomic E-state index is 0.0194. The van der Waals surface area contributed by atoms with E-state index in [4.69, 9.17) is 13.8 Å². The van der Waals surface area contributed by atoms with Crippen molar-refractivity contribution in [3.05, 3.63) is 36.5 Å². The molecule has 0 spiro atoms. The molecule has 0 aliphatic rings. The molecule has 0 radical (unpaired) electrons. The highest BCUT2D eigenvalue weighted by Gasteiger charge is 2.27. The number of hydrogen-bond acceptors (Lipinski definition) is 7. The number of carbonyl (C=O) groups excluding carboxylic acids is 2. The average molecular weight is 1230 g/mol. The summed E-state index contributed by atoms with van der Waals surface area (Å²) >= 11 is 0. The van der Waals surface area contributed by atoms with E-state index in [0.717, 1.165) is 57.8 Å². The van der Waals surface area contributed by atoms with Crippen LogP contribution in [0.3, 0.4) is 0 Å². The number of phosphoric ester groups is 1. The van der Waals surface area contributed by atoms with Crippen molar-refractivity contribution in [3.63, 3.8) is 0 Å². The molecule has 0 bridgehead atoms. The van der Waals surface area contributed by atoms with Crippen molar-refractivity contribution in [2.75, 3.05) is 40.9 Å². The molecule has 1 amide bonds. The summed E-state index contributed by atoms with van der Waals surface area (Å²) in [4.78, 5) is 40.2. The number of hydrogen-bond donors (Lipinski definition) is 1. The highest BCUT2D eigenvalue weighted by atomic mass is 31.2. The molecule has 0 saturated heterocycles. The fraction of sp³-hybridized carbons (Fsp3) is 0.895. The quantitative estimate of drug-likeness (QED) is 0.0212. The maximum atomic E-state index is 13.6. The van der Waals surface area contributed by atoms with Crippen LogP contribution in [0, 0.1) is 0 Å². The van der Waals surface area contributed by atoms with Crippen LogP contribution >= 0.6 is 7.82 Å². The van der Waals surface area contributed by atoms with E-state index in [2.05, 4.69) is 50.4 Å².